The van der Waals surface area contributed by atoms with Crippen LogP contribution < -0.4 is 15.5 Å². The van der Waals surface area contributed by atoms with Crippen LogP contribution in [0.4, 0.5) is 11.4 Å². The number of aryl methyl sites for hydroxylation is 1. The minimum Gasteiger partial charge on any atom is -0.323 e. The number of fused-ring (bicyclic) bond motifs is 1. The summed E-state index contributed by atoms with van der Waals surface area (Å²) in [5.74, 6) is -0.322. The number of carbonyl (C=O) groups is 2. The molecule has 5 nitrogen and oxygen atoms in total. The van der Waals surface area contributed by atoms with Crippen molar-refractivity contribution in [3.63, 3.8) is 0 Å². The maximum Gasteiger partial charge on any atom is 0.244 e. The van der Waals surface area contributed by atoms with E-state index in [-0.39, 0.29) is 24.4 Å². The summed E-state index contributed by atoms with van der Waals surface area (Å²) in [5.41, 5.74) is 4.74. The van der Waals surface area contributed by atoms with E-state index >= 15 is 0 Å². The smallest absolute Gasteiger partial charge is 0.244 e. The quantitative estimate of drug-likeness (QED) is 0.681. The van der Waals surface area contributed by atoms with Crippen LogP contribution in [-0.2, 0) is 9.59 Å². The summed E-state index contributed by atoms with van der Waals surface area (Å²) < 4.78 is 0. The molecule has 2 atom stereocenters. The molecule has 4 rings (SSSR count). The molecule has 1 aliphatic rings. The normalized spacial score (nSPS) is 15.1. The molecule has 0 saturated heterocycles. The largest absolute Gasteiger partial charge is 0.323 e. The fourth-order valence-electron chi connectivity index (χ4n) is 3.77. The van der Waals surface area contributed by atoms with Gasteiger partial charge in [-0.3, -0.25) is 19.8 Å². The molecule has 1 aliphatic heterocycles. The Morgan fingerprint density at radius 1 is 0.933 bits per heavy atom. The van der Waals surface area contributed by atoms with E-state index in [0.717, 1.165) is 16.8 Å². The Bertz CT molecular complexity index is 1050. The second kappa shape index (κ2) is 8.51. The molecule has 30 heavy (non-hydrogen) atoms. The third-order valence-corrected chi connectivity index (χ3v) is 5.37. The van der Waals surface area contributed by atoms with E-state index in [1.165, 1.54) is 5.56 Å². The zero-order valence-corrected chi connectivity index (χ0v) is 17.1. The number of benzene rings is 3. The lowest BCUT2D eigenvalue weighted by molar-refractivity contribution is -0.123. The monoisotopic (exact) mass is 399 g/mol. The highest BCUT2D eigenvalue weighted by molar-refractivity contribution is 6.11. The van der Waals surface area contributed by atoms with Crippen LogP contribution in [0, 0.1) is 6.92 Å². The SMILES string of the molecule is Cc1ccc([C@@H](N[C@H](C)C(=O)N2CC(=O)Nc3ccccc32)c2ccccc2)cc1. The van der Waals surface area contributed by atoms with Crippen molar-refractivity contribution in [2.24, 2.45) is 0 Å². The van der Waals surface area contributed by atoms with Crippen LogP contribution in [0.2, 0.25) is 0 Å². The predicted octanol–water partition coefficient (Wildman–Crippen LogP) is 4.05. The molecule has 0 radical (unpaired) electrons. The Labute approximate surface area is 176 Å². The van der Waals surface area contributed by atoms with Crippen molar-refractivity contribution in [2.45, 2.75) is 25.9 Å². The highest BCUT2D eigenvalue weighted by Gasteiger charge is 2.31. The minimum absolute atomic E-state index is 0.0163. The van der Waals surface area contributed by atoms with E-state index in [2.05, 4.69) is 54.0 Å². The van der Waals surface area contributed by atoms with E-state index in [0.29, 0.717) is 5.69 Å². The maximum atomic E-state index is 13.3. The summed E-state index contributed by atoms with van der Waals surface area (Å²) >= 11 is 0. The highest BCUT2D eigenvalue weighted by atomic mass is 16.2. The van der Waals surface area contributed by atoms with Crippen molar-refractivity contribution in [3.05, 3.63) is 95.6 Å². The lowest BCUT2D eigenvalue weighted by Crippen LogP contribution is -2.50. The van der Waals surface area contributed by atoms with Crippen molar-refractivity contribution in [3.8, 4) is 0 Å². The third-order valence-electron chi connectivity index (χ3n) is 5.37. The summed E-state index contributed by atoms with van der Waals surface area (Å²) in [4.78, 5) is 27.0. The zero-order valence-electron chi connectivity index (χ0n) is 17.1. The van der Waals surface area contributed by atoms with Gasteiger partial charge in [0.15, 0.2) is 0 Å². The van der Waals surface area contributed by atoms with Crippen molar-refractivity contribution in [2.75, 3.05) is 16.8 Å². The zero-order chi connectivity index (χ0) is 21.1. The van der Waals surface area contributed by atoms with Gasteiger partial charge in [-0.25, -0.2) is 0 Å². The highest BCUT2D eigenvalue weighted by Crippen LogP contribution is 2.30. The first-order valence-corrected chi connectivity index (χ1v) is 10.1. The molecule has 0 unspecified atom stereocenters. The summed E-state index contributed by atoms with van der Waals surface area (Å²) in [7, 11) is 0. The molecule has 3 aromatic carbocycles. The fourth-order valence-corrected chi connectivity index (χ4v) is 3.77. The number of anilines is 2. The molecule has 0 aliphatic carbocycles. The second-order valence-corrected chi connectivity index (χ2v) is 7.63. The number of hydrogen-bond acceptors (Lipinski definition) is 3. The molecule has 152 valence electrons. The van der Waals surface area contributed by atoms with Crippen molar-refractivity contribution in [1.82, 2.24) is 5.32 Å². The van der Waals surface area contributed by atoms with Crippen LogP contribution in [0.3, 0.4) is 0 Å². The molecular weight excluding hydrogens is 374 g/mol. The van der Waals surface area contributed by atoms with Crippen molar-refractivity contribution < 1.29 is 9.59 Å². The van der Waals surface area contributed by atoms with Crippen LogP contribution >= 0.6 is 0 Å². The fraction of sp³-hybridized carbons (Fsp3) is 0.200. The molecule has 0 aromatic heterocycles. The van der Waals surface area contributed by atoms with Crippen LogP contribution in [0.25, 0.3) is 0 Å². The molecule has 0 spiro atoms. The first-order valence-electron chi connectivity index (χ1n) is 10.1. The number of amides is 2. The molecule has 5 heteroatoms. The predicted molar refractivity (Wildman–Crippen MR) is 119 cm³/mol. The number of hydrogen-bond donors (Lipinski definition) is 2. The molecule has 0 fully saturated rings. The second-order valence-electron chi connectivity index (χ2n) is 7.63. The average molecular weight is 399 g/mol. The van der Waals surface area contributed by atoms with Gasteiger partial charge in [0.25, 0.3) is 0 Å². The number of para-hydroxylation sites is 2. The van der Waals surface area contributed by atoms with E-state index in [1.807, 2.05) is 49.4 Å². The summed E-state index contributed by atoms with van der Waals surface area (Å²) in [5, 5.41) is 6.32. The first-order chi connectivity index (χ1) is 14.5. The minimum atomic E-state index is -0.490. The van der Waals surface area contributed by atoms with Gasteiger partial charge < -0.3 is 5.32 Å². The summed E-state index contributed by atoms with van der Waals surface area (Å²) in [6, 6.07) is 25.1. The van der Waals surface area contributed by atoms with Crippen LogP contribution in [0.5, 0.6) is 0 Å². The van der Waals surface area contributed by atoms with Gasteiger partial charge in [0.2, 0.25) is 11.8 Å². The van der Waals surface area contributed by atoms with Gasteiger partial charge in [0.1, 0.15) is 6.54 Å². The van der Waals surface area contributed by atoms with Gasteiger partial charge in [-0.05, 0) is 37.1 Å². The molecule has 3 aromatic rings. The van der Waals surface area contributed by atoms with Gasteiger partial charge in [-0.2, -0.15) is 0 Å². The molecule has 2 amide bonds. The Morgan fingerprint density at radius 2 is 1.57 bits per heavy atom. The molecule has 2 N–H and O–H groups in total. The van der Waals surface area contributed by atoms with Crippen LogP contribution in [-0.4, -0.2) is 24.4 Å². The van der Waals surface area contributed by atoms with E-state index < -0.39 is 6.04 Å². The third kappa shape index (κ3) is 4.11. The summed E-state index contributed by atoms with van der Waals surface area (Å²) in [6.07, 6.45) is 0. The van der Waals surface area contributed by atoms with Crippen LogP contribution in [0.1, 0.15) is 29.7 Å². The average Bonchev–Trinajstić information content (AvgIpc) is 2.77. The van der Waals surface area contributed by atoms with Crippen molar-refractivity contribution in [1.29, 1.82) is 0 Å². The number of nitrogens with one attached hydrogen (secondary N) is 2. The topological polar surface area (TPSA) is 61.4 Å². The van der Waals surface area contributed by atoms with Gasteiger partial charge >= 0.3 is 0 Å². The molecule has 1 heterocycles. The van der Waals surface area contributed by atoms with Gasteiger partial charge in [-0.1, -0.05) is 72.3 Å². The number of nitrogens with zero attached hydrogens (tertiary/aromatic N) is 1. The Hall–Kier alpha value is -3.44. The molecular formula is C25H25N3O2. The Kier molecular flexibility index (Phi) is 5.63. The van der Waals surface area contributed by atoms with Gasteiger partial charge in [0, 0.05) is 0 Å². The number of carbonyl (C=O) groups excluding carboxylic acids is 2. The van der Waals surface area contributed by atoms with E-state index in [4.69, 9.17) is 0 Å². The lowest BCUT2D eigenvalue weighted by atomic mass is 9.97. The van der Waals surface area contributed by atoms with E-state index in [9.17, 15) is 9.59 Å². The van der Waals surface area contributed by atoms with Gasteiger partial charge in [0.05, 0.1) is 23.5 Å². The van der Waals surface area contributed by atoms with E-state index in [1.54, 1.807) is 4.90 Å². The van der Waals surface area contributed by atoms with Crippen molar-refractivity contribution >= 4 is 23.2 Å². The maximum absolute atomic E-state index is 13.3. The standard InChI is InChI=1S/C25H25N3O2/c1-17-12-14-20(15-13-17)24(19-8-4-3-5-9-19)26-18(2)25(30)28-16-23(29)27-21-10-6-7-11-22(21)28/h3-15,18,24,26H,16H2,1-2H3,(H,27,29)/t18-,24+/m1/s1. The first kappa shape index (κ1) is 19.9. The molecule has 0 bridgehead atoms. The van der Waals surface area contributed by atoms with Crippen LogP contribution in [0.15, 0.2) is 78.9 Å². The number of rotatable bonds is 5. The molecule has 0 saturated carbocycles. The van der Waals surface area contributed by atoms with Gasteiger partial charge in [-0.15, -0.1) is 0 Å². The summed E-state index contributed by atoms with van der Waals surface area (Å²) in [6.45, 7) is 3.92. The Morgan fingerprint density at radius 3 is 2.30 bits per heavy atom. The lowest BCUT2D eigenvalue weighted by Gasteiger charge is -2.32. The Balaban J connectivity index is 1.61.